The Labute approximate surface area is 338 Å². The first-order valence-electron chi connectivity index (χ1n) is 19.1. The fraction of sp³-hybridized carbons (Fsp3) is 0.250. The van der Waals surface area contributed by atoms with Gasteiger partial charge in [-0.05, 0) is 101 Å². The summed E-state index contributed by atoms with van der Waals surface area (Å²) in [6.45, 7) is 9.25. The molecule has 0 N–H and O–H groups in total. The number of hydrogen-bond donors (Lipinski definition) is 0. The second-order valence-electron chi connectivity index (χ2n) is 12.9. The van der Waals surface area contributed by atoms with Crippen LogP contribution < -0.4 is 0 Å². The molecule has 4 atom stereocenters. The lowest BCUT2D eigenvalue weighted by Gasteiger charge is -2.16. The lowest BCUT2D eigenvalue weighted by atomic mass is 9.93. The van der Waals surface area contributed by atoms with Gasteiger partial charge in [-0.1, -0.05) is 48.6 Å². The molecular weight excluding hydrogens is 733 g/mol. The molecule has 0 saturated carbocycles. The smallest absolute Gasteiger partial charge is 0.129 e. The van der Waals surface area contributed by atoms with Crippen molar-refractivity contribution >= 4 is 48.1 Å². The molecule has 4 aliphatic rings. The van der Waals surface area contributed by atoms with Crippen molar-refractivity contribution in [3.8, 4) is 0 Å². The van der Waals surface area contributed by atoms with E-state index in [1.54, 1.807) is 72.9 Å². The van der Waals surface area contributed by atoms with Gasteiger partial charge < -0.3 is 18.9 Å². The lowest BCUT2D eigenvalue weighted by molar-refractivity contribution is 0.241. The zero-order valence-corrected chi connectivity index (χ0v) is 32.8. The standard InChI is InChI=1S/C48H44N2O8/c1-5-55-41-17-9-33(37(25-41)29-51)13-21-45-46(22-14-34-10-18-42(56-6-2)26-38(34)30-52)50-48(24-16-36-12-20-44(58-8-4)28-40(36)32-54)47(49-45)23-15-35-11-19-43(57-7-3)27-39(35)31-53/h9-28,33-36H,5-8H2,1-4H3. The van der Waals surface area contributed by atoms with Crippen LogP contribution in [0.3, 0.4) is 0 Å². The van der Waals surface area contributed by atoms with Crippen LogP contribution in [-0.4, -0.2) is 60.2 Å². The zero-order valence-electron chi connectivity index (χ0n) is 32.8. The third-order valence-electron chi connectivity index (χ3n) is 9.07. The molecule has 58 heavy (non-hydrogen) atoms. The van der Waals surface area contributed by atoms with E-state index >= 15 is 0 Å². The van der Waals surface area contributed by atoms with Gasteiger partial charge >= 0.3 is 0 Å². The number of nitrogens with zero attached hydrogens (tertiary/aromatic N) is 2. The van der Waals surface area contributed by atoms with Gasteiger partial charge in [0.15, 0.2) is 0 Å². The molecule has 0 fully saturated rings. The summed E-state index contributed by atoms with van der Waals surface area (Å²) in [5.74, 6) is 8.65. The largest absolute Gasteiger partial charge is 0.494 e. The Morgan fingerprint density at radius 3 is 0.845 bits per heavy atom. The minimum absolute atomic E-state index is 0.384. The molecule has 0 amide bonds. The summed E-state index contributed by atoms with van der Waals surface area (Å²) in [7, 11) is 0. The summed E-state index contributed by atoms with van der Waals surface area (Å²) in [6, 6.07) is 0. The Morgan fingerprint density at radius 1 is 0.431 bits per heavy atom. The Kier molecular flexibility index (Phi) is 15.5. The molecule has 0 bridgehead atoms. The Hall–Kier alpha value is -7.04. The average Bonchev–Trinajstić information content (AvgIpc) is 3.25. The van der Waals surface area contributed by atoms with Crippen LogP contribution in [0.5, 0.6) is 0 Å². The van der Waals surface area contributed by atoms with Gasteiger partial charge in [0, 0.05) is 23.7 Å². The molecule has 0 radical (unpaired) electrons. The minimum Gasteiger partial charge on any atom is -0.494 e. The number of hydrogen-bond acceptors (Lipinski definition) is 10. The average molecular weight is 777 g/mol. The second kappa shape index (κ2) is 21.3. The Balaban J connectivity index is 1.62. The summed E-state index contributed by atoms with van der Waals surface area (Å²) in [5.41, 5.74) is 3.34. The Bertz CT molecular complexity index is 2010. The zero-order chi connectivity index (χ0) is 41.3. The van der Waals surface area contributed by atoms with E-state index in [2.05, 4.69) is 0 Å². The van der Waals surface area contributed by atoms with Crippen molar-refractivity contribution in [2.75, 3.05) is 26.4 Å². The molecule has 1 aromatic rings. The first-order valence-corrected chi connectivity index (χ1v) is 19.1. The summed E-state index contributed by atoms with van der Waals surface area (Å²) >= 11 is 0. The van der Waals surface area contributed by atoms with Gasteiger partial charge in [0.05, 0.1) is 71.5 Å². The molecular formula is C48H44N2O8. The molecule has 0 aromatic carbocycles. The maximum atomic E-state index is 12.0. The van der Waals surface area contributed by atoms with Gasteiger partial charge in [0.25, 0.3) is 0 Å². The number of allylic oxidation sites excluding steroid dienone is 20. The molecule has 1 aromatic heterocycles. The third-order valence-corrected chi connectivity index (χ3v) is 9.07. The highest BCUT2D eigenvalue weighted by molar-refractivity contribution is 5.72. The molecule has 0 aliphatic heterocycles. The number of carbonyl (C=O) groups excluding carboxylic acids is 4. The highest BCUT2D eigenvalue weighted by Crippen LogP contribution is 2.29. The van der Waals surface area contributed by atoms with Crippen molar-refractivity contribution in [3.05, 3.63) is 165 Å². The predicted molar refractivity (Wildman–Crippen MR) is 224 cm³/mol. The quantitative estimate of drug-likeness (QED) is 0.152. The van der Waals surface area contributed by atoms with Crippen molar-refractivity contribution in [2.24, 2.45) is 23.7 Å². The van der Waals surface area contributed by atoms with Crippen molar-refractivity contribution in [1.29, 1.82) is 0 Å². The monoisotopic (exact) mass is 776 g/mol. The van der Waals surface area contributed by atoms with Crippen molar-refractivity contribution in [2.45, 2.75) is 27.7 Å². The molecule has 10 nitrogen and oxygen atoms in total. The van der Waals surface area contributed by atoms with Gasteiger partial charge in [-0.25, -0.2) is 29.1 Å². The van der Waals surface area contributed by atoms with Gasteiger partial charge in [0.2, 0.25) is 0 Å². The topological polar surface area (TPSA) is 131 Å². The van der Waals surface area contributed by atoms with E-state index in [-0.39, 0.29) is 0 Å². The fourth-order valence-electron chi connectivity index (χ4n) is 6.24. The van der Waals surface area contributed by atoms with E-state index in [1.165, 1.54) is 0 Å². The van der Waals surface area contributed by atoms with Crippen LogP contribution >= 0.6 is 0 Å². The lowest BCUT2D eigenvalue weighted by Crippen LogP contribution is -2.07. The maximum Gasteiger partial charge on any atom is 0.129 e. The third kappa shape index (κ3) is 11.0. The van der Waals surface area contributed by atoms with Gasteiger partial charge in [-0.15, -0.1) is 0 Å². The van der Waals surface area contributed by atoms with E-state index in [0.29, 0.717) is 94.5 Å². The Morgan fingerprint density at radius 2 is 0.655 bits per heavy atom. The van der Waals surface area contributed by atoms with Crippen molar-refractivity contribution < 1.29 is 38.1 Å². The van der Waals surface area contributed by atoms with E-state index in [9.17, 15) is 19.2 Å². The van der Waals surface area contributed by atoms with Gasteiger partial charge in [-0.3, -0.25) is 0 Å². The molecule has 10 heteroatoms. The van der Waals surface area contributed by atoms with E-state index in [0.717, 1.165) is 0 Å². The SMILES string of the molecule is CCOC1=CC(=C=O)C(C=Cc2nc(C=CC3C=CC(OCC)=CC3=C=O)c(C=CC3C=CC(OCC)=CC3=C=O)nc2C=CC2C=CC(OCC)=CC2=C=O)C=C1. The fourth-order valence-corrected chi connectivity index (χ4v) is 6.24. The van der Waals surface area contributed by atoms with Gasteiger partial charge in [0.1, 0.15) is 46.8 Å². The molecule has 294 valence electrons. The molecule has 0 spiro atoms. The van der Waals surface area contributed by atoms with Crippen LogP contribution in [0.2, 0.25) is 0 Å². The molecule has 1 heterocycles. The predicted octanol–water partition coefficient (Wildman–Crippen LogP) is 7.99. The number of rotatable bonds is 16. The van der Waals surface area contributed by atoms with E-state index in [1.807, 2.05) is 100 Å². The summed E-state index contributed by atoms with van der Waals surface area (Å²) in [4.78, 5) is 58.2. The summed E-state index contributed by atoms with van der Waals surface area (Å²) in [5, 5.41) is 0. The van der Waals surface area contributed by atoms with E-state index < -0.39 is 23.7 Å². The molecule has 4 unspecified atom stereocenters. The van der Waals surface area contributed by atoms with Crippen LogP contribution in [0.1, 0.15) is 50.5 Å². The van der Waals surface area contributed by atoms with Gasteiger partial charge in [-0.2, -0.15) is 0 Å². The molecule has 4 aliphatic carbocycles. The van der Waals surface area contributed by atoms with Crippen LogP contribution in [0.25, 0.3) is 24.3 Å². The van der Waals surface area contributed by atoms with E-state index in [4.69, 9.17) is 28.9 Å². The van der Waals surface area contributed by atoms with Crippen molar-refractivity contribution in [3.63, 3.8) is 0 Å². The summed E-state index contributed by atoms with van der Waals surface area (Å²) < 4.78 is 22.4. The van der Waals surface area contributed by atoms with Crippen LogP contribution in [-0.2, 0) is 38.1 Å². The number of ether oxygens (including phenoxy) is 4. The molecule has 0 saturated heterocycles. The minimum atomic E-state index is -0.424. The highest BCUT2D eigenvalue weighted by atomic mass is 16.5. The number of aromatic nitrogens is 2. The van der Waals surface area contributed by atoms with Crippen LogP contribution in [0.4, 0.5) is 0 Å². The first kappa shape index (κ1) is 42.1. The highest BCUT2D eigenvalue weighted by Gasteiger charge is 2.19. The van der Waals surface area contributed by atoms with Crippen molar-refractivity contribution in [1.82, 2.24) is 9.97 Å². The maximum absolute atomic E-state index is 12.0. The summed E-state index contributed by atoms with van der Waals surface area (Å²) in [6.07, 6.45) is 35.6. The second-order valence-corrected chi connectivity index (χ2v) is 12.9. The molecule has 5 rings (SSSR count). The van der Waals surface area contributed by atoms with Crippen LogP contribution in [0, 0.1) is 23.7 Å². The van der Waals surface area contributed by atoms with Crippen LogP contribution in [0.15, 0.2) is 143 Å². The first-order chi connectivity index (χ1) is 28.4. The normalized spacial score (nSPS) is 21.4.